The van der Waals surface area contributed by atoms with Crippen LogP contribution in [0.5, 0.6) is 0 Å². The fourth-order valence-electron chi connectivity index (χ4n) is 0.690. The van der Waals surface area contributed by atoms with Gasteiger partial charge in [0.15, 0.2) is 0 Å². The van der Waals surface area contributed by atoms with Crippen LogP contribution in [-0.2, 0) is 5.41 Å². The van der Waals surface area contributed by atoms with Gasteiger partial charge in [0.05, 0.1) is 0 Å². The average Bonchev–Trinajstić information content (AvgIpc) is 2.36. The highest BCUT2D eigenvalue weighted by molar-refractivity contribution is 7.02. The maximum Gasteiger partial charge on any atom is 0.323 e. The predicted octanol–water partition coefficient (Wildman–Crippen LogP) is 1.52. The summed E-state index contributed by atoms with van der Waals surface area (Å²) in [5.41, 5.74) is -0.000833. The van der Waals surface area contributed by atoms with Gasteiger partial charge in [-0.2, -0.15) is 4.37 Å². The first-order valence-electron chi connectivity index (χ1n) is 3.63. The summed E-state index contributed by atoms with van der Waals surface area (Å²) in [4.78, 5) is 13.4. The Morgan fingerprint density at radius 3 is 2.64 bits per heavy atom. The lowest BCUT2D eigenvalue weighted by molar-refractivity contribution is 0.478. The molecule has 0 bridgehead atoms. The van der Waals surface area contributed by atoms with Crippen molar-refractivity contribution in [1.29, 1.82) is 0 Å². The summed E-state index contributed by atoms with van der Waals surface area (Å²) in [6, 6.07) is 0. The molecule has 1 aromatic heterocycles. The molecule has 0 radical (unpaired) electrons. The molecule has 62 valence electrons. The molecule has 0 aliphatic carbocycles. The van der Waals surface area contributed by atoms with Gasteiger partial charge in [-0.3, -0.25) is 9.78 Å². The van der Waals surface area contributed by atoms with Crippen LogP contribution in [0.25, 0.3) is 0 Å². The molecule has 0 aliphatic heterocycles. The molecule has 1 N–H and O–H groups in total. The number of aromatic nitrogens is 2. The number of hydrogen-bond donors (Lipinski definition) is 1. The zero-order valence-corrected chi connectivity index (χ0v) is 7.79. The van der Waals surface area contributed by atoms with Gasteiger partial charge in [-0.05, 0) is 6.42 Å². The molecule has 3 nitrogen and oxygen atoms in total. The lowest BCUT2D eigenvalue weighted by Crippen LogP contribution is -2.18. The second-order valence-electron chi connectivity index (χ2n) is 3.18. The van der Waals surface area contributed by atoms with Crippen LogP contribution in [0.15, 0.2) is 4.79 Å². The van der Waals surface area contributed by atoms with E-state index in [0.29, 0.717) is 0 Å². The zero-order chi connectivity index (χ0) is 8.48. The summed E-state index contributed by atoms with van der Waals surface area (Å²) >= 11 is 0.986. The molecule has 1 heterocycles. The monoisotopic (exact) mass is 172 g/mol. The highest BCUT2D eigenvalue weighted by Gasteiger charge is 2.21. The van der Waals surface area contributed by atoms with Crippen molar-refractivity contribution >= 4 is 11.5 Å². The van der Waals surface area contributed by atoms with Gasteiger partial charge in [0.2, 0.25) is 0 Å². The second kappa shape index (κ2) is 2.77. The molecule has 0 atom stereocenters. The lowest BCUT2D eigenvalue weighted by atomic mass is 9.90. The van der Waals surface area contributed by atoms with Crippen LogP contribution in [0.1, 0.15) is 33.0 Å². The molecule has 0 amide bonds. The van der Waals surface area contributed by atoms with E-state index in [-0.39, 0.29) is 10.3 Å². The number of nitrogens with zero attached hydrogens (tertiary/aromatic N) is 1. The number of H-pyrrole nitrogens is 1. The van der Waals surface area contributed by atoms with Crippen molar-refractivity contribution in [3.05, 3.63) is 15.5 Å². The summed E-state index contributed by atoms with van der Waals surface area (Å²) in [6.45, 7) is 6.22. The summed E-state index contributed by atoms with van der Waals surface area (Å²) in [5, 5.41) is 0. The fraction of sp³-hybridized carbons (Fsp3) is 0.714. The van der Waals surface area contributed by atoms with Crippen molar-refractivity contribution in [3.63, 3.8) is 0 Å². The van der Waals surface area contributed by atoms with Crippen molar-refractivity contribution in [2.24, 2.45) is 0 Å². The van der Waals surface area contributed by atoms with Crippen LogP contribution in [0.4, 0.5) is 0 Å². The van der Waals surface area contributed by atoms with Gasteiger partial charge in [-0.15, -0.1) is 0 Å². The van der Waals surface area contributed by atoms with E-state index in [2.05, 4.69) is 30.1 Å². The molecule has 4 heteroatoms. The highest BCUT2D eigenvalue weighted by Crippen LogP contribution is 2.22. The van der Waals surface area contributed by atoms with E-state index in [1.54, 1.807) is 0 Å². The van der Waals surface area contributed by atoms with Crippen LogP contribution < -0.4 is 4.87 Å². The van der Waals surface area contributed by atoms with Gasteiger partial charge in [0.1, 0.15) is 5.82 Å². The maximum atomic E-state index is 10.8. The Kier molecular flexibility index (Phi) is 2.13. The molecule has 0 spiro atoms. The molecule has 0 saturated heterocycles. The Balaban J connectivity index is 3.01. The lowest BCUT2D eigenvalue weighted by Gasteiger charge is -2.17. The topological polar surface area (TPSA) is 45.8 Å². The van der Waals surface area contributed by atoms with Crippen molar-refractivity contribution in [1.82, 2.24) is 9.36 Å². The van der Waals surface area contributed by atoms with E-state index in [4.69, 9.17) is 0 Å². The van der Waals surface area contributed by atoms with Crippen LogP contribution in [0, 0.1) is 0 Å². The minimum atomic E-state index is -0.0680. The molecular weight excluding hydrogens is 160 g/mol. The predicted molar refractivity (Wildman–Crippen MR) is 46.1 cm³/mol. The van der Waals surface area contributed by atoms with E-state index >= 15 is 0 Å². The Morgan fingerprint density at radius 2 is 2.27 bits per heavy atom. The number of rotatable bonds is 2. The SMILES string of the molecule is CCC(C)(C)c1nsc(=O)[nH]1. The average molecular weight is 172 g/mol. The van der Waals surface area contributed by atoms with Crippen molar-refractivity contribution in [2.45, 2.75) is 32.6 Å². The molecule has 1 aromatic rings. The molecule has 11 heavy (non-hydrogen) atoms. The summed E-state index contributed by atoms with van der Waals surface area (Å²) in [6.07, 6.45) is 0.979. The summed E-state index contributed by atoms with van der Waals surface area (Å²) < 4.78 is 4.03. The number of aromatic amines is 1. The molecule has 0 saturated carbocycles. The standard InChI is InChI=1S/C7H12N2OS/c1-4-7(2,3)5-8-6(10)11-9-5/h4H2,1-3H3,(H,8,9,10). The third-order valence-electron chi connectivity index (χ3n) is 1.97. The van der Waals surface area contributed by atoms with E-state index in [1.807, 2.05) is 0 Å². The number of hydrogen-bond acceptors (Lipinski definition) is 3. The van der Waals surface area contributed by atoms with Crippen molar-refractivity contribution < 1.29 is 0 Å². The largest absolute Gasteiger partial charge is 0.323 e. The normalized spacial score (nSPS) is 11.9. The zero-order valence-electron chi connectivity index (χ0n) is 6.97. The first kappa shape index (κ1) is 8.46. The van der Waals surface area contributed by atoms with E-state index in [1.165, 1.54) is 0 Å². The minimum absolute atomic E-state index is 0.000833. The molecule has 0 aromatic carbocycles. The second-order valence-corrected chi connectivity index (χ2v) is 3.92. The van der Waals surface area contributed by atoms with Gasteiger partial charge < -0.3 is 0 Å². The van der Waals surface area contributed by atoms with E-state index < -0.39 is 0 Å². The Bertz CT molecular complexity index is 287. The third-order valence-corrected chi connectivity index (χ3v) is 2.51. The van der Waals surface area contributed by atoms with Gasteiger partial charge >= 0.3 is 4.87 Å². The number of nitrogens with one attached hydrogen (secondary N) is 1. The van der Waals surface area contributed by atoms with Crippen LogP contribution in [0.2, 0.25) is 0 Å². The van der Waals surface area contributed by atoms with Gasteiger partial charge in [0.25, 0.3) is 0 Å². The molecular formula is C7H12N2OS. The maximum absolute atomic E-state index is 10.8. The highest BCUT2D eigenvalue weighted by atomic mass is 32.1. The van der Waals surface area contributed by atoms with E-state index in [0.717, 1.165) is 23.8 Å². The summed E-state index contributed by atoms with van der Waals surface area (Å²) in [5.74, 6) is 0.801. The smallest absolute Gasteiger partial charge is 0.299 e. The van der Waals surface area contributed by atoms with Crippen molar-refractivity contribution in [3.8, 4) is 0 Å². The third kappa shape index (κ3) is 1.68. The van der Waals surface area contributed by atoms with Gasteiger partial charge in [-0.25, -0.2) is 0 Å². The quantitative estimate of drug-likeness (QED) is 0.735. The Hall–Kier alpha value is -0.640. The Labute approximate surface area is 69.6 Å². The van der Waals surface area contributed by atoms with Gasteiger partial charge in [-0.1, -0.05) is 20.8 Å². The van der Waals surface area contributed by atoms with Crippen molar-refractivity contribution in [2.75, 3.05) is 0 Å². The van der Waals surface area contributed by atoms with Crippen LogP contribution in [0.3, 0.4) is 0 Å². The van der Waals surface area contributed by atoms with Crippen LogP contribution >= 0.6 is 11.5 Å². The summed E-state index contributed by atoms with van der Waals surface area (Å²) in [7, 11) is 0. The van der Waals surface area contributed by atoms with Crippen LogP contribution in [-0.4, -0.2) is 9.36 Å². The Morgan fingerprint density at radius 1 is 1.64 bits per heavy atom. The van der Waals surface area contributed by atoms with E-state index in [9.17, 15) is 4.79 Å². The minimum Gasteiger partial charge on any atom is -0.299 e. The van der Waals surface area contributed by atoms with Gasteiger partial charge in [0, 0.05) is 16.9 Å². The molecule has 0 aliphatic rings. The molecule has 0 fully saturated rings. The first-order chi connectivity index (χ1) is 5.06. The first-order valence-corrected chi connectivity index (χ1v) is 4.40. The fourth-order valence-corrected chi connectivity index (χ4v) is 1.30. The molecule has 0 unspecified atom stereocenters. The molecule has 1 rings (SSSR count).